The Morgan fingerprint density at radius 1 is 1.04 bits per heavy atom. The zero-order chi connectivity index (χ0) is 15.4. The van der Waals surface area contributed by atoms with Crippen LogP contribution in [0.4, 0.5) is 0 Å². The van der Waals surface area contributed by atoms with Crippen LogP contribution in [-0.2, 0) is 7.05 Å². The van der Waals surface area contributed by atoms with Gasteiger partial charge in [0.05, 0.1) is 0 Å². The van der Waals surface area contributed by atoms with Gasteiger partial charge in [0.25, 0.3) is 0 Å². The summed E-state index contributed by atoms with van der Waals surface area (Å²) in [6.45, 7) is 0. The van der Waals surface area contributed by atoms with Crippen molar-refractivity contribution in [3.05, 3.63) is 83.6 Å². The minimum atomic E-state index is 0.477. The number of fused-ring (bicyclic) bond motifs is 5. The van der Waals surface area contributed by atoms with Gasteiger partial charge in [-0.2, -0.15) is 0 Å². The van der Waals surface area contributed by atoms with E-state index in [0.29, 0.717) is 5.92 Å². The molecule has 5 rings (SSSR count). The average Bonchev–Trinajstić information content (AvgIpc) is 3.27. The van der Waals surface area contributed by atoms with E-state index in [1.807, 2.05) is 0 Å². The van der Waals surface area contributed by atoms with Gasteiger partial charge in [0.15, 0.2) is 0 Å². The van der Waals surface area contributed by atoms with E-state index < -0.39 is 0 Å². The maximum Gasteiger partial charge on any atom is 0.0486 e. The van der Waals surface area contributed by atoms with E-state index in [0.717, 1.165) is 12.8 Å². The first kappa shape index (κ1) is 13.0. The number of aryl methyl sites for hydroxylation is 1. The fourth-order valence-electron chi connectivity index (χ4n) is 4.39. The zero-order valence-electron chi connectivity index (χ0n) is 13.3. The van der Waals surface area contributed by atoms with Crippen LogP contribution in [-0.4, -0.2) is 4.57 Å². The molecule has 0 bridgehead atoms. The quantitative estimate of drug-likeness (QED) is 0.583. The second-order valence-corrected chi connectivity index (χ2v) is 6.64. The van der Waals surface area contributed by atoms with Crippen LogP contribution in [0, 0.1) is 0 Å². The second-order valence-electron chi connectivity index (χ2n) is 6.64. The first-order valence-electron chi connectivity index (χ1n) is 8.36. The standard InChI is InChI=1S/C22H19N/c1-23-20-13-7-6-12-18(20)21-17-11-5-4-10-16(17)19(22(21)23)14-15-8-2-3-9-15/h2-8,10-13,19H,9,14H2,1H3. The Kier molecular flexibility index (Phi) is 2.66. The summed E-state index contributed by atoms with van der Waals surface area (Å²) in [5, 5.41) is 1.39. The highest BCUT2D eigenvalue weighted by Crippen LogP contribution is 2.51. The number of para-hydroxylation sites is 1. The molecule has 0 radical (unpaired) electrons. The topological polar surface area (TPSA) is 4.93 Å². The molecule has 0 amide bonds. The number of hydrogen-bond donors (Lipinski definition) is 0. The third-order valence-electron chi connectivity index (χ3n) is 5.40. The lowest BCUT2D eigenvalue weighted by Crippen LogP contribution is -2.04. The molecule has 0 fully saturated rings. The summed E-state index contributed by atoms with van der Waals surface area (Å²) in [4.78, 5) is 0. The molecule has 1 heterocycles. The van der Waals surface area contributed by atoms with Crippen LogP contribution in [0.15, 0.2) is 72.3 Å². The van der Waals surface area contributed by atoms with Crippen molar-refractivity contribution in [2.24, 2.45) is 7.05 Å². The molecular formula is C22H19N. The molecule has 1 aromatic heterocycles. The Morgan fingerprint density at radius 3 is 2.74 bits per heavy atom. The van der Waals surface area contributed by atoms with Crippen molar-refractivity contribution < 1.29 is 0 Å². The van der Waals surface area contributed by atoms with Crippen LogP contribution in [0.1, 0.15) is 30.0 Å². The molecule has 1 unspecified atom stereocenters. The van der Waals surface area contributed by atoms with Gasteiger partial charge < -0.3 is 4.57 Å². The Labute approximate surface area is 136 Å². The van der Waals surface area contributed by atoms with Crippen molar-refractivity contribution in [3.63, 3.8) is 0 Å². The molecule has 112 valence electrons. The molecule has 23 heavy (non-hydrogen) atoms. The van der Waals surface area contributed by atoms with Crippen molar-refractivity contribution in [1.82, 2.24) is 4.57 Å². The first-order chi connectivity index (χ1) is 11.3. The van der Waals surface area contributed by atoms with Crippen molar-refractivity contribution in [2.75, 3.05) is 0 Å². The lowest BCUT2D eigenvalue weighted by molar-refractivity contribution is 0.732. The molecule has 0 N–H and O–H groups in total. The third kappa shape index (κ3) is 1.74. The molecule has 1 atom stereocenters. The van der Waals surface area contributed by atoms with E-state index in [4.69, 9.17) is 0 Å². The van der Waals surface area contributed by atoms with Crippen LogP contribution >= 0.6 is 0 Å². The Bertz CT molecular complexity index is 984. The number of hydrogen-bond acceptors (Lipinski definition) is 0. The molecule has 1 nitrogen and oxygen atoms in total. The van der Waals surface area contributed by atoms with Gasteiger partial charge in [0, 0.05) is 35.1 Å². The van der Waals surface area contributed by atoms with Gasteiger partial charge in [0.1, 0.15) is 0 Å². The van der Waals surface area contributed by atoms with Gasteiger partial charge in [0.2, 0.25) is 0 Å². The van der Waals surface area contributed by atoms with E-state index in [9.17, 15) is 0 Å². The maximum atomic E-state index is 2.41. The molecule has 0 aliphatic heterocycles. The summed E-state index contributed by atoms with van der Waals surface area (Å²) < 4.78 is 2.41. The third-order valence-corrected chi connectivity index (χ3v) is 5.40. The van der Waals surface area contributed by atoms with Gasteiger partial charge >= 0.3 is 0 Å². The van der Waals surface area contributed by atoms with Gasteiger partial charge in [-0.05, 0) is 30.0 Å². The molecule has 3 aromatic rings. The number of nitrogens with zero attached hydrogens (tertiary/aromatic N) is 1. The van der Waals surface area contributed by atoms with Gasteiger partial charge in [-0.25, -0.2) is 0 Å². The monoisotopic (exact) mass is 297 g/mol. The zero-order valence-corrected chi connectivity index (χ0v) is 13.3. The summed E-state index contributed by atoms with van der Waals surface area (Å²) in [7, 11) is 2.22. The maximum absolute atomic E-state index is 2.41. The number of rotatable bonds is 2. The normalized spacial score (nSPS) is 18.3. The molecule has 2 aliphatic rings. The molecule has 2 aliphatic carbocycles. The highest BCUT2D eigenvalue weighted by atomic mass is 15.0. The first-order valence-corrected chi connectivity index (χ1v) is 8.36. The predicted molar refractivity (Wildman–Crippen MR) is 96.7 cm³/mol. The summed E-state index contributed by atoms with van der Waals surface area (Å²) in [6, 6.07) is 17.8. The van der Waals surface area contributed by atoms with Crippen LogP contribution in [0.25, 0.3) is 22.0 Å². The summed E-state index contributed by atoms with van der Waals surface area (Å²) >= 11 is 0. The molecule has 0 saturated heterocycles. The van der Waals surface area contributed by atoms with Gasteiger partial charge in [-0.1, -0.05) is 66.3 Å². The Morgan fingerprint density at radius 2 is 1.87 bits per heavy atom. The van der Waals surface area contributed by atoms with Gasteiger partial charge in [-0.15, -0.1) is 0 Å². The SMILES string of the molecule is Cn1c2c(c3ccccc31)-c1ccccc1C2CC1=CC=CC1. The highest BCUT2D eigenvalue weighted by molar-refractivity contribution is 6.01. The summed E-state index contributed by atoms with van der Waals surface area (Å²) in [6.07, 6.45) is 8.99. The van der Waals surface area contributed by atoms with E-state index >= 15 is 0 Å². The van der Waals surface area contributed by atoms with Crippen LogP contribution in [0.3, 0.4) is 0 Å². The number of aromatic nitrogens is 1. The number of benzene rings is 2. The molecule has 0 saturated carbocycles. The lowest BCUT2D eigenvalue weighted by atomic mass is 9.92. The summed E-state index contributed by atoms with van der Waals surface area (Å²) in [5.41, 5.74) is 8.75. The minimum Gasteiger partial charge on any atom is -0.346 e. The van der Waals surface area contributed by atoms with Crippen molar-refractivity contribution >= 4 is 10.9 Å². The van der Waals surface area contributed by atoms with Gasteiger partial charge in [-0.3, -0.25) is 0 Å². The van der Waals surface area contributed by atoms with E-state index in [-0.39, 0.29) is 0 Å². The molecular weight excluding hydrogens is 278 g/mol. The van der Waals surface area contributed by atoms with Crippen LogP contribution < -0.4 is 0 Å². The molecule has 1 heteroatoms. The van der Waals surface area contributed by atoms with E-state index in [1.54, 1.807) is 5.57 Å². The average molecular weight is 297 g/mol. The van der Waals surface area contributed by atoms with Crippen LogP contribution in [0.5, 0.6) is 0 Å². The molecule has 2 aromatic carbocycles. The Balaban J connectivity index is 1.78. The predicted octanol–water partition coefficient (Wildman–Crippen LogP) is 5.57. The summed E-state index contributed by atoms with van der Waals surface area (Å²) in [5.74, 6) is 0.477. The fraction of sp³-hybridized carbons (Fsp3) is 0.182. The fourth-order valence-corrected chi connectivity index (χ4v) is 4.39. The highest BCUT2D eigenvalue weighted by Gasteiger charge is 2.33. The minimum absolute atomic E-state index is 0.477. The van der Waals surface area contributed by atoms with Crippen LogP contribution in [0.2, 0.25) is 0 Å². The second kappa shape index (κ2) is 4.73. The Hall–Kier alpha value is -2.54. The smallest absolute Gasteiger partial charge is 0.0486 e. The lowest BCUT2D eigenvalue weighted by Gasteiger charge is -2.16. The molecule has 0 spiro atoms. The largest absolute Gasteiger partial charge is 0.346 e. The van der Waals surface area contributed by atoms with Crippen molar-refractivity contribution in [3.8, 4) is 11.1 Å². The number of allylic oxidation sites excluding steroid dienone is 4. The van der Waals surface area contributed by atoms with E-state index in [2.05, 4.69) is 78.4 Å². The van der Waals surface area contributed by atoms with Crippen molar-refractivity contribution in [1.29, 1.82) is 0 Å². The van der Waals surface area contributed by atoms with E-state index in [1.165, 1.54) is 33.3 Å². The van der Waals surface area contributed by atoms with Crippen molar-refractivity contribution in [2.45, 2.75) is 18.8 Å².